The standard InChI is InChI=1S/C23H27NO4/c1-15(20-14-19(27-2)9-11-22(20)28-3)24-23(26)12-10-21(25)18-8-7-16-5-4-6-17(16)13-18/h7-9,11,13-15H,4-6,10,12H2,1-3H3,(H,24,26). The van der Waals surface area contributed by atoms with Crippen LogP contribution in [-0.4, -0.2) is 25.9 Å². The van der Waals surface area contributed by atoms with Crippen LogP contribution in [0.4, 0.5) is 0 Å². The molecular formula is C23H27NO4. The van der Waals surface area contributed by atoms with Gasteiger partial charge in [0.25, 0.3) is 0 Å². The summed E-state index contributed by atoms with van der Waals surface area (Å²) in [5, 5.41) is 2.94. The molecule has 2 aromatic carbocycles. The van der Waals surface area contributed by atoms with E-state index in [0.29, 0.717) is 17.1 Å². The van der Waals surface area contributed by atoms with Crippen LogP contribution in [-0.2, 0) is 17.6 Å². The van der Waals surface area contributed by atoms with E-state index in [1.165, 1.54) is 11.1 Å². The molecule has 5 nitrogen and oxygen atoms in total. The Bertz CT molecular complexity index is 875. The van der Waals surface area contributed by atoms with Crippen LogP contribution in [0.2, 0.25) is 0 Å². The van der Waals surface area contributed by atoms with Gasteiger partial charge in [0.05, 0.1) is 20.3 Å². The zero-order valence-corrected chi connectivity index (χ0v) is 16.7. The molecule has 1 aliphatic carbocycles. The predicted molar refractivity (Wildman–Crippen MR) is 108 cm³/mol. The maximum absolute atomic E-state index is 12.5. The first-order valence-corrected chi connectivity index (χ1v) is 9.68. The summed E-state index contributed by atoms with van der Waals surface area (Å²) in [5.74, 6) is 1.23. The Morgan fingerprint density at radius 1 is 1.00 bits per heavy atom. The Balaban J connectivity index is 1.57. The molecule has 1 amide bonds. The summed E-state index contributed by atoms with van der Waals surface area (Å²) in [7, 11) is 3.19. The second-order valence-corrected chi connectivity index (χ2v) is 7.16. The molecule has 1 atom stereocenters. The third-order valence-corrected chi connectivity index (χ3v) is 5.28. The van der Waals surface area contributed by atoms with Crippen LogP contribution in [0.1, 0.15) is 59.3 Å². The number of amides is 1. The number of benzene rings is 2. The van der Waals surface area contributed by atoms with Crippen molar-refractivity contribution >= 4 is 11.7 Å². The summed E-state index contributed by atoms with van der Waals surface area (Å²) in [6.07, 6.45) is 3.65. The lowest BCUT2D eigenvalue weighted by Crippen LogP contribution is -2.27. The van der Waals surface area contributed by atoms with E-state index in [4.69, 9.17) is 9.47 Å². The maximum atomic E-state index is 12.5. The normalized spacial score (nSPS) is 13.5. The van der Waals surface area contributed by atoms with Crippen molar-refractivity contribution in [3.63, 3.8) is 0 Å². The van der Waals surface area contributed by atoms with Gasteiger partial charge < -0.3 is 14.8 Å². The van der Waals surface area contributed by atoms with Gasteiger partial charge in [-0.2, -0.15) is 0 Å². The van der Waals surface area contributed by atoms with E-state index in [0.717, 1.165) is 24.8 Å². The van der Waals surface area contributed by atoms with Gasteiger partial charge in [-0.3, -0.25) is 9.59 Å². The molecule has 0 saturated carbocycles. The van der Waals surface area contributed by atoms with Gasteiger partial charge in [0.15, 0.2) is 5.78 Å². The molecule has 0 radical (unpaired) electrons. The van der Waals surface area contributed by atoms with Crippen LogP contribution < -0.4 is 14.8 Å². The van der Waals surface area contributed by atoms with Gasteiger partial charge in [-0.1, -0.05) is 12.1 Å². The number of carbonyl (C=O) groups is 2. The van der Waals surface area contributed by atoms with Crippen molar-refractivity contribution in [3.8, 4) is 11.5 Å². The van der Waals surface area contributed by atoms with Gasteiger partial charge in [-0.15, -0.1) is 0 Å². The summed E-state index contributed by atoms with van der Waals surface area (Å²) in [5.41, 5.74) is 4.15. The first kappa shape index (κ1) is 19.9. The van der Waals surface area contributed by atoms with Gasteiger partial charge in [0.1, 0.15) is 11.5 Å². The highest BCUT2D eigenvalue weighted by molar-refractivity contribution is 5.98. The number of methoxy groups -OCH3 is 2. The number of aryl methyl sites for hydroxylation is 2. The second-order valence-electron chi connectivity index (χ2n) is 7.16. The summed E-state index contributed by atoms with van der Waals surface area (Å²) in [6.45, 7) is 1.89. The number of ketones is 1. The summed E-state index contributed by atoms with van der Waals surface area (Å²) in [4.78, 5) is 24.8. The van der Waals surface area contributed by atoms with Gasteiger partial charge in [-0.25, -0.2) is 0 Å². The van der Waals surface area contributed by atoms with Crippen molar-refractivity contribution in [2.75, 3.05) is 14.2 Å². The molecular weight excluding hydrogens is 354 g/mol. The second kappa shape index (κ2) is 8.91. The molecule has 0 bridgehead atoms. The molecule has 2 aromatic rings. The highest BCUT2D eigenvalue weighted by Gasteiger charge is 2.18. The molecule has 3 rings (SSSR count). The van der Waals surface area contributed by atoms with Crippen molar-refractivity contribution < 1.29 is 19.1 Å². The van der Waals surface area contributed by atoms with Crippen molar-refractivity contribution in [2.24, 2.45) is 0 Å². The molecule has 0 fully saturated rings. The highest BCUT2D eigenvalue weighted by Crippen LogP contribution is 2.29. The van der Waals surface area contributed by atoms with E-state index in [1.807, 2.05) is 43.3 Å². The largest absolute Gasteiger partial charge is 0.497 e. The summed E-state index contributed by atoms with van der Waals surface area (Å²) in [6, 6.07) is 11.1. The van der Waals surface area contributed by atoms with Crippen LogP contribution in [0.5, 0.6) is 11.5 Å². The molecule has 0 aliphatic heterocycles. The highest BCUT2D eigenvalue weighted by atomic mass is 16.5. The molecule has 0 aromatic heterocycles. The molecule has 28 heavy (non-hydrogen) atoms. The van der Waals surface area contributed by atoms with Crippen molar-refractivity contribution in [3.05, 3.63) is 58.7 Å². The zero-order chi connectivity index (χ0) is 20.1. The van der Waals surface area contributed by atoms with E-state index in [9.17, 15) is 9.59 Å². The first-order valence-electron chi connectivity index (χ1n) is 9.68. The fourth-order valence-corrected chi connectivity index (χ4v) is 3.69. The monoisotopic (exact) mass is 381 g/mol. The van der Waals surface area contributed by atoms with Gasteiger partial charge in [0.2, 0.25) is 5.91 Å². The van der Waals surface area contributed by atoms with Gasteiger partial charge >= 0.3 is 0 Å². The number of fused-ring (bicyclic) bond motifs is 1. The van der Waals surface area contributed by atoms with Crippen molar-refractivity contribution in [1.29, 1.82) is 0 Å². The van der Waals surface area contributed by atoms with E-state index in [-0.39, 0.29) is 30.6 Å². The van der Waals surface area contributed by atoms with E-state index in [2.05, 4.69) is 5.32 Å². The smallest absolute Gasteiger partial charge is 0.220 e. The lowest BCUT2D eigenvalue weighted by molar-refractivity contribution is -0.121. The third-order valence-electron chi connectivity index (χ3n) is 5.28. The average Bonchev–Trinajstić information content (AvgIpc) is 3.19. The Morgan fingerprint density at radius 2 is 1.79 bits per heavy atom. The number of hydrogen-bond donors (Lipinski definition) is 1. The molecule has 0 spiro atoms. The Morgan fingerprint density at radius 3 is 2.54 bits per heavy atom. The Kier molecular flexibility index (Phi) is 6.34. The molecule has 148 valence electrons. The molecule has 5 heteroatoms. The van der Waals surface area contributed by atoms with Crippen LogP contribution in [0.25, 0.3) is 0 Å². The number of rotatable bonds is 8. The number of Topliss-reactive ketones (excluding diaryl/α,β-unsaturated/α-hetero) is 1. The Hall–Kier alpha value is -2.82. The maximum Gasteiger partial charge on any atom is 0.220 e. The predicted octanol–water partition coefficient (Wildman–Crippen LogP) is 4.03. The van der Waals surface area contributed by atoms with Crippen LogP contribution in [0, 0.1) is 0 Å². The average molecular weight is 381 g/mol. The Labute approximate surface area is 166 Å². The molecule has 1 N–H and O–H groups in total. The van der Waals surface area contributed by atoms with Crippen LogP contribution in [0.15, 0.2) is 36.4 Å². The van der Waals surface area contributed by atoms with Crippen LogP contribution in [0.3, 0.4) is 0 Å². The van der Waals surface area contributed by atoms with Crippen molar-refractivity contribution in [2.45, 2.75) is 45.1 Å². The SMILES string of the molecule is COc1ccc(OC)c(C(C)NC(=O)CCC(=O)c2ccc3c(c2)CCC3)c1. The third kappa shape index (κ3) is 4.53. The molecule has 1 aliphatic rings. The van der Waals surface area contributed by atoms with Gasteiger partial charge in [-0.05, 0) is 61.6 Å². The number of nitrogens with one attached hydrogen (secondary N) is 1. The quantitative estimate of drug-likeness (QED) is 0.701. The van der Waals surface area contributed by atoms with E-state index in [1.54, 1.807) is 14.2 Å². The summed E-state index contributed by atoms with van der Waals surface area (Å²) < 4.78 is 10.6. The zero-order valence-electron chi connectivity index (χ0n) is 16.7. The lowest BCUT2D eigenvalue weighted by atomic mass is 10.0. The molecule has 0 saturated heterocycles. The molecule has 1 unspecified atom stereocenters. The minimum atomic E-state index is -0.257. The lowest BCUT2D eigenvalue weighted by Gasteiger charge is -2.18. The number of hydrogen-bond acceptors (Lipinski definition) is 4. The number of ether oxygens (including phenoxy) is 2. The number of carbonyl (C=O) groups excluding carboxylic acids is 2. The van der Waals surface area contributed by atoms with Gasteiger partial charge in [0, 0.05) is 24.0 Å². The van der Waals surface area contributed by atoms with Crippen molar-refractivity contribution in [1.82, 2.24) is 5.32 Å². The fraction of sp³-hybridized carbons (Fsp3) is 0.391. The van der Waals surface area contributed by atoms with E-state index < -0.39 is 0 Å². The first-order chi connectivity index (χ1) is 13.5. The van der Waals surface area contributed by atoms with Crippen LogP contribution >= 0.6 is 0 Å². The van der Waals surface area contributed by atoms with E-state index >= 15 is 0 Å². The molecule has 0 heterocycles. The minimum absolute atomic E-state index is 0.0106. The summed E-state index contributed by atoms with van der Waals surface area (Å²) >= 11 is 0. The topological polar surface area (TPSA) is 64.6 Å². The fourth-order valence-electron chi connectivity index (χ4n) is 3.69. The minimum Gasteiger partial charge on any atom is -0.497 e.